The van der Waals surface area contributed by atoms with Crippen molar-refractivity contribution < 1.29 is 13.2 Å². The number of carbonyl (C=O) groups excluding carboxylic acids is 1. The maximum absolute atomic E-state index is 12.5. The van der Waals surface area contributed by atoms with Crippen LogP contribution in [0.2, 0.25) is 0 Å². The third-order valence-electron chi connectivity index (χ3n) is 5.01. The van der Waals surface area contributed by atoms with Crippen LogP contribution in [-0.2, 0) is 14.8 Å². The summed E-state index contributed by atoms with van der Waals surface area (Å²) in [5, 5.41) is 5.98. The molecule has 3 N–H and O–H groups in total. The summed E-state index contributed by atoms with van der Waals surface area (Å²) in [6.07, 6.45) is 5.16. The predicted octanol–water partition coefficient (Wildman–Crippen LogP) is -0.182. The number of nitrogens with zero attached hydrogens (tertiary/aromatic N) is 4. The number of hydrogen-bond acceptors (Lipinski definition) is 6. The number of rotatable bonds is 4. The van der Waals surface area contributed by atoms with Crippen LogP contribution in [0.1, 0.15) is 19.3 Å². The van der Waals surface area contributed by atoms with Crippen molar-refractivity contribution in [3.05, 3.63) is 18.6 Å². The number of fused-ring (bicyclic) bond motifs is 1. The van der Waals surface area contributed by atoms with E-state index in [1.165, 1.54) is 6.33 Å². The van der Waals surface area contributed by atoms with E-state index in [1.54, 1.807) is 0 Å². The molecule has 1 saturated carbocycles. The topological polar surface area (TPSA) is 125 Å². The third kappa shape index (κ3) is 3.07. The van der Waals surface area contributed by atoms with Gasteiger partial charge in [0, 0.05) is 32.3 Å². The van der Waals surface area contributed by atoms with Crippen molar-refractivity contribution in [1.82, 2.24) is 19.9 Å². The van der Waals surface area contributed by atoms with E-state index in [2.05, 4.69) is 19.9 Å². The van der Waals surface area contributed by atoms with Crippen molar-refractivity contribution in [3.8, 4) is 0 Å². The monoisotopic (exact) mass is 364 g/mol. The second kappa shape index (κ2) is 5.67. The molecule has 2 aromatic heterocycles. The van der Waals surface area contributed by atoms with Gasteiger partial charge in [-0.2, -0.15) is 0 Å². The number of hydrogen-bond donors (Lipinski definition) is 2. The van der Waals surface area contributed by atoms with Crippen molar-refractivity contribution in [1.29, 1.82) is 0 Å². The fourth-order valence-corrected chi connectivity index (χ4v) is 4.05. The lowest BCUT2D eigenvalue weighted by Gasteiger charge is -2.43. The van der Waals surface area contributed by atoms with Gasteiger partial charge in [-0.3, -0.25) is 4.79 Å². The summed E-state index contributed by atoms with van der Waals surface area (Å²) in [5.41, 5.74) is 0.586. The number of sulfonamides is 1. The van der Waals surface area contributed by atoms with Gasteiger partial charge in [0.25, 0.3) is 0 Å². The Balaban J connectivity index is 1.52. The molecular formula is C15H20N6O3S. The first kappa shape index (κ1) is 16.3. The number of nitrogens with two attached hydrogens (primary N) is 1. The molecule has 134 valence electrons. The lowest BCUT2D eigenvalue weighted by molar-refractivity contribution is -0.134. The number of piperazine rings is 1. The molecule has 0 unspecified atom stereocenters. The maximum Gasteiger partial charge on any atom is 0.224 e. The van der Waals surface area contributed by atoms with E-state index in [1.807, 2.05) is 17.2 Å². The van der Waals surface area contributed by atoms with Gasteiger partial charge in [-0.15, -0.1) is 0 Å². The molecule has 9 nitrogen and oxygen atoms in total. The highest BCUT2D eigenvalue weighted by Crippen LogP contribution is 2.45. The highest BCUT2D eigenvalue weighted by atomic mass is 32.2. The molecule has 0 radical (unpaired) electrons. The summed E-state index contributed by atoms with van der Waals surface area (Å²) in [4.78, 5) is 28.2. The second-order valence-electron chi connectivity index (χ2n) is 6.75. The van der Waals surface area contributed by atoms with Crippen molar-refractivity contribution in [2.75, 3.05) is 30.3 Å². The van der Waals surface area contributed by atoms with Crippen LogP contribution < -0.4 is 10.0 Å². The third-order valence-corrected chi connectivity index (χ3v) is 5.79. The Morgan fingerprint density at radius 2 is 2.12 bits per heavy atom. The molecule has 1 spiro atoms. The van der Waals surface area contributed by atoms with Gasteiger partial charge in [0.05, 0.1) is 16.7 Å². The number of aromatic amines is 1. The minimum Gasteiger partial charge on any atom is -0.352 e. The van der Waals surface area contributed by atoms with Gasteiger partial charge in [0.2, 0.25) is 15.9 Å². The molecule has 1 saturated heterocycles. The van der Waals surface area contributed by atoms with Crippen LogP contribution >= 0.6 is 0 Å². The first-order valence-corrected chi connectivity index (χ1v) is 9.94. The smallest absolute Gasteiger partial charge is 0.224 e. The fourth-order valence-electron chi connectivity index (χ4n) is 3.60. The molecule has 2 fully saturated rings. The van der Waals surface area contributed by atoms with E-state index < -0.39 is 10.0 Å². The predicted molar refractivity (Wildman–Crippen MR) is 92.4 cm³/mol. The summed E-state index contributed by atoms with van der Waals surface area (Å²) >= 11 is 0. The van der Waals surface area contributed by atoms with E-state index >= 15 is 0 Å². The van der Waals surface area contributed by atoms with Crippen molar-refractivity contribution in [3.63, 3.8) is 0 Å². The number of nitrogens with one attached hydrogen (secondary N) is 1. The molecule has 25 heavy (non-hydrogen) atoms. The zero-order chi connectivity index (χ0) is 17.7. The zero-order valence-electron chi connectivity index (χ0n) is 13.7. The SMILES string of the molecule is NS(=O)(=O)CCC(=O)N1CCN(c2ncnc3[nH]ccc23)CC12CC2. The Kier molecular flexibility index (Phi) is 3.69. The molecule has 3 heterocycles. The van der Waals surface area contributed by atoms with Crippen molar-refractivity contribution in [2.24, 2.45) is 5.14 Å². The normalized spacial score (nSPS) is 19.6. The minimum absolute atomic E-state index is 0.0594. The number of primary sulfonamides is 1. The molecule has 10 heteroatoms. The largest absolute Gasteiger partial charge is 0.352 e. The number of H-pyrrole nitrogens is 1. The molecule has 1 aliphatic heterocycles. The lowest BCUT2D eigenvalue weighted by Crippen LogP contribution is -2.57. The maximum atomic E-state index is 12.5. The fraction of sp³-hybridized carbons (Fsp3) is 0.533. The van der Waals surface area contributed by atoms with E-state index in [0.29, 0.717) is 19.6 Å². The molecule has 4 rings (SSSR count). The summed E-state index contributed by atoms with van der Waals surface area (Å²) < 4.78 is 22.2. The summed E-state index contributed by atoms with van der Waals surface area (Å²) in [5.74, 6) is 0.424. The van der Waals surface area contributed by atoms with Gasteiger partial charge in [0.15, 0.2) is 0 Å². The van der Waals surface area contributed by atoms with E-state index in [0.717, 1.165) is 29.7 Å². The average Bonchev–Trinajstić information content (AvgIpc) is 3.15. The van der Waals surface area contributed by atoms with Crippen LogP contribution in [0, 0.1) is 0 Å². The quantitative estimate of drug-likeness (QED) is 0.775. The Morgan fingerprint density at radius 1 is 1.32 bits per heavy atom. The van der Waals surface area contributed by atoms with E-state index in [-0.39, 0.29) is 23.6 Å². The Morgan fingerprint density at radius 3 is 2.84 bits per heavy atom. The molecule has 2 aliphatic rings. The summed E-state index contributed by atoms with van der Waals surface area (Å²) in [7, 11) is -3.62. The first-order valence-electron chi connectivity index (χ1n) is 8.22. The Hall–Kier alpha value is -2.20. The molecule has 1 amide bonds. The first-order chi connectivity index (χ1) is 11.9. The minimum atomic E-state index is -3.62. The van der Waals surface area contributed by atoms with Crippen molar-refractivity contribution >= 4 is 32.8 Å². The molecule has 0 aromatic carbocycles. The molecule has 0 atom stereocenters. The van der Waals surface area contributed by atoms with Gasteiger partial charge in [-0.1, -0.05) is 0 Å². The molecule has 2 aromatic rings. The van der Waals surface area contributed by atoms with E-state index in [4.69, 9.17) is 5.14 Å². The Bertz CT molecular complexity index is 920. The van der Waals surface area contributed by atoms with Crippen LogP contribution in [0.5, 0.6) is 0 Å². The number of anilines is 1. The second-order valence-corrected chi connectivity index (χ2v) is 8.48. The van der Waals surface area contributed by atoms with Crippen molar-refractivity contribution in [2.45, 2.75) is 24.8 Å². The highest BCUT2D eigenvalue weighted by molar-refractivity contribution is 7.89. The summed E-state index contributed by atoms with van der Waals surface area (Å²) in [6.45, 7) is 1.91. The number of carbonyl (C=O) groups is 1. The van der Waals surface area contributed by atoms with Gasteiger partial charge in [0.1, 0.15) is 17.8 Å². The van der Waals surface area contributed by atoms with Crippen LogP contribution in [-0.4, -0.2) is 65.1 Å². The molecular weight excluding hydrogens is 344 g/mol. The lowest BCUT2D eigenvalue weighted by atomic mass is 10.1. The molecule has 0 bridgehead atoms. The van der Waals surface area contributed by atoms with Crippen LogP contribution in [0.3, 0.4) is 0 Å². The van der Waals surface area contributed by atoms with Gasteiger partial charge in [-0.25, -0.2) is 23.5 Å². The highest BCUT2D eigenvalue weighted by Gasteiger charge is 2.53. The van der Waals surface area contributed by atoms with Crippen LogP contribution in [0.25, 0.3) is 11.0 Å². The standard InChI is InChI=1S/C15H20N6O3S/c16-25(23,24)8-2-12(22)21-7-6-20(9-15(21)3-4-15)14-11-1-5-17-13(11)18-10-19-14/h1,5,10H,2-4,6-9H2,(H2,16,23,24)(H,17,18,19). The van der Waals surface area contributed by atoms with Crippen LogP contribution in [0.15, 0.2) is 18.6 Å². The number of amides is 1. The van der Waals surface area contributed by atoms with E-state index in [9.17, 15) is 13.2 Å². The summed E-state index contributed by atoms with van der Waals surface area (Å²) in [6, 6.07) is 1.95. The molecule has 1 aliphatic carbocycles. The average molecular weight is 364 g/mol. The van der Waals surface area contributed by atoms with Gasteiger partial charge < -0.3 is 14.8 Å². The van der Waals surface area contributed by atoms with Gasteiger partial charge in [-0.05, 0) is 18.9 Å². The zero-order valence-corrected chi connectivity index (χ0v) is 14.5. The van der Waals surface area contributed by atoms with Crippen LogP contribution in [0.4, 0.5) is 5.82 Å². The number of aromatic nitrogens is 3. The Labute approximate surface area is 145 Å². The van der Waals surface area contributed by atoms with Gasteiger partial charge >= 0.3 is 0 Å².